The summed E-state index contributed by atoms with van der Waals surface area (Å²) in [6, 6.07) is 13.5. The Morgan fingerprint density at radius 1 is 1.16 bits per heavy atom. The molecule has 32 heavy (non-hydrogen) atoms. The van der Waals surface area contributed by atoms with Crippen LogP contribution in [-0.4, -0.2) is 41.5 Å². The first-order valence-electron chi connectivity index (χ1n) is 11.1. The van der Waals surface area contributed by atoms with E-state index in [1.54, 1.807) is 0 Å². The number of carbonyl (C=O) groups is 2. The highest BCUT2D eigenvalue weighted by atomic mass is 16.5. The van der Waals surface area contributed by atoms with Gasteiger partial charge < -0.3 is 10.1 Å². The number of rotatable bonds is 6. The third-order valence-corrected chi connectivity index (χ3v) is 5.87. The van der Waals surface area contributed by atoms with Gasteiger partial charge in [-0.25, -0.2) is 4.79 Å². The van der Waals surface area contributed by atoms with Gasteiger partial charge in [0.05, 0.1) is 11.1 Å². The molecule has 1 aliphatic rings. The van der Waals surface area contributed by atoms with Crippen molar-refractivity contribution in [2.45, 2.75) is 40.2 Å². The van der Waals surface area contributed by atoms with E-state index >= 15 is 0 Å². The van der Waals surface area contributed by atoms with Gasteiger partial charge >= 0.3 is 5.97 Å². The molecule has 0 aliphatic carbocycles. The molecule has 0 bridgehead atoms. The van der Waals surface area contributed by atoms with Crippen LogP contribution in [0.3, 0.4) is 0 Å². The van der Waals surface area contributed by atoms with E-state index in [1.807, 2.05) is 56.3 Å². The Kier molecular flexibility index (Phi) is 6.51. The molecule has 0 spiro atoms. The van der Waals surface area contributed by atoms with Gasteiger partial charge in [-0.05, 0) is 50.1 Å². The average molecular weight is 432 g/mol. The second-order valence-electron chi connectivity index (χ2n) is 8.40. The molecule has 0 saturated heterocycles. The fraction of sp³-hybridized carbons (Fsp3) is 0.346. The number of esters is 1. The lowest BCUT2D eigenvalue weighted by Gasteiger charge is -2.29. The van der Waals surface area contributed by atoms with Crippen molar-refractivity contribution < 1.29 is 14.3 Å². The van der Waals surface area contributed by atoms with E-state index < -0.39 is 5.97 Å². The van der Waals surface area contributed by atoms with Gasteiger partial charge in [-0.3, -0.25) is 14.7 Å². The third kappa shape index (κ3) is 4.65. The van der Waals surface area contributed by atoms with E-state index in [2.05, 4.69) is 17.1 Å². The van der Waals surface area contributed by atoms with Gasteiger partial charge in [0.15, 0.2) is 6.61 Å². The van der Waals surface area contributed by atoms with Gasteiger partial charge in [0, 0.05) is 41.8 Å². The van der Waals surface area contributed by atoms with Crippen molar-refractivity contribution in [1.82, 2.24) is 9.88 Å². The summed E-state index contributed by atoms with van der Waals surface area (Å²) in [7, 11) is 0. The molecule has 3 aromatic rings. The maximum atomic E-state index is 13.2. The number of nitrogens with zero attached hydrogens (tertiary/aromatic N) is 2. The molecule has 1 aliphatic heterocycles. The van der Waals surface area contributed by atoms with Crippen LogP contribution in [0.4, 0.5) is 5.69 Å². The Morgan fingerprint density at radius 2 is 1.97 bits per heavy atom. The molecule has 1 N–H and O–H groups in total. The van der Waals surface area contributed by atoms with Gasteiger partial charge in [-0.2, -0.15) is 0 Å². The van der Waals surface area contributed by atoms with Crippen molar-refractivity contribution in [2.24, 2.45) is 0 Å². The van der Waals surface area contributed by atoms with Crippen LogP contribution in [0.2, 0.25) is 0 Å². The van der Waals surface area contributed by atoms with E-state index in [4.69, 9.17) is 9.72 Å². The maximum absolute atomic E-state index is 13.2. The van der Waals surface area contributed by atoms with E-state index in [9.17, 15) is 9.59 Å². The van der Waals surface area contributed by atoms with Crippen LogP contribution in [0, 0.1) is 13.8 Å². The molecule has 2 heterocycles. The Hall–Kier alpha value is -3.25. The van der Waals surface area contributed by atoms with Crippen LogP contribution < -0.4 is 5.32 Å². The molecule has 0 radical (unpaired) electrons. The highest BCUT2D eigenvalue weighted by molar-refractivity contribution is 6.06. The number of nitrogens with one attached hydrogen (secondary N) is 1. The van der Waals surface area contributed by atoms with Crippen molar-refractivity contribution in [3.63, 3.8) is 0 Å². The van der Waals surface area contributed by atoms with Gasteiger partial charge in [-0.15, -0.1) is 0 Å². The summed E-state index contributed by atoms with van der Waals surface area (Å²) in [4.78, 5) is 32.9. The molecule has 4 rings (SSSR count). The maximum Gasteiger partial charge on any atom is 0.339 e. The molecule has 6 nitrogen and oxygen atoms in total. The van der Waals surface area contributed by atoms with Crippen molar-refractivity contribution in [3.05, 3.63) is 70.4 Å². The van der Waals surface area contributed by atoms with Crippen LogP contribution >= 0.6 is 0 Å². The normalized spacial score (nSPS) is 13.6. The number of pyridine rings is 1. The number of aromatic nitrogens is 1. The zero-order valence-electron chi connectivity index (χ0n) is 18.9. The lowest BCUT2D eigenvalue weighted by atomic mass is 9.95. The minimum absolute atomic E-state index is 0.337. The van der Waals surface area contributed by atoms with Crippen molar-refractivity contribution >= 4 is 28.5 Å². The van der Waals surface area contributed by atoms with E-state index in [0.717, 1.165) is 64.9 Å². The second-order valence-corrected chi connectivity index (χ2v) is 8.40. The topological polar surface area (TPSA) is 71.5 Å². The summed E-state index contributed by atoms with van der Waals surface area (Å²) < 4.78 is 5.50. The number of para-hydroxylation sites is 1. The van der Waals surface area contributed by atoms with Crippen LogP contribution in [-0.2, 0) is 22.5 Å². The second kappa shape index (κ2) is 9.49. The highest BCUT2D eigenvalue weighted by Gasteiger charge is 2.26. The van der Waals surface area contributed by atoms with Crippen molar-refractivity contribution in [1.29, 1.82) is 0 Å². The number of ether oxygens (including phenoxy) is 1. The Morgan fingerprint density at radius 3 is 2.78 bits per heavy atom. The minimum atomic E-state index is -0.477. The van der Waals surface area contributed by atoms with E-state index in [-0.39, 0.29) is 12.5 Å². The predicted molar refractivity (Wildman–Crippen MR) is 126 cm³/mol. The van der Waals surface area contributed by atoms with E-state index in [0.29, 0.717) is 12.1 Å². The standard InChI is InChI=1S/C26H29N3O3/c1-4-12-29-13-11-22-20(15-29)25(19-7-5-6-8-21(19)27-22)26(31)32-16-24(30)28-23-14-17(2)9-10-18(23)3/h5-10,14H,4,11-13,15-16H2,1-3H3,(H,28,30). The van der Waals surface area contributed by atoms with Crippen molar-refractivity contribution in [2.75, 3.05) is 25.0 Å². The number of carbonyl (C=O) groups excluding carboxylic acids is 2. The monoisotopic (exact) mass is 431 g/mol. The molecule has 0 saturated carbocycles. The van der Waals surface area contributed by atoms with Gasteiger partial charge in [0.1, 0.15) is 0 Å². The minimum Gasteiger partial charge on any atom is -0.452 e. The summed E-state index contributed by atoms with van der Waals surface area (Å²) in [5.74, 6) is -0.832. The molecular weight excluding hydrogens is 402 g/mol. The van der Waals surface area contributed by atoms with Crippen LogP contribution in [0.15, 0.2) is 42.5 Å². The summed E-state index contributed by atoms with van der Waals surface area (Å²) >= 11 is 0. The number of hydrogen-bond acceptors (Lipinski definition) is 5. The molecule has 2 aromatic carbocycles. The molecule has 166 valence electrons. The zero-order valence-corrected chi connectivity index (χ0v) is 18.9. The fourth-order valence-corrected chi connectivity index (χ4v) is 4.25. The van der Waals surface area contributed by atoms with Crippen molar-refractivity contribution in [3.8, 4) is 0 Å². The smallest absolute Gasteiger partial charge is 0.339 e. The number of fused-ring (bicyclic) bond motifs is 2. The summed E-state index contributed by atoms with van der Waals surface area (Å²) in [5, 5.41) is 3.61. The molecule has 0 unspecified atom stereocenters. The highest BCUT2D eigenvalue weighted by Crippen LogP contribution is 2.29. The summed E-state index contributed by atoms with van der Waals surface area (Å²) in [6.07, 6.45) is 1.85. The van der Waals surface area contributed by atoms with Crippen LogP contribution in [0.25, 0.3) is 10.9 Å². The Labute approximate surface area is 188 Å². The molecule has 6 heteroatoms. The summed E-state index contributed by atoms with van der Waals surface area (Å²) in [5.41, 5.74) is 5.92. The quantitative estimate of drug-likeness (QED) is 0.585. The van der Waals surface area contributed by atoms with E-state index in [1.165, 1.54) is 0 Å². The Balaban J connectivity index is 1.57. The lowest BCUT2D eigenvalue weighted by molar-refractivity contribution is -0.119. The molecule has 0 fully saturated rings. The predicted octanol–water partition coefficient (Wildman–Crippen LogP) is 4.42. The zero-order chi connectivity index (χ0) is 22.7. The summed E-state index contributed by atoms with van der Waals surface area (Å²) in [6.45, 7) is 8.28. The fourth-order valence-electron chi connectivity index (χ4n) is 4.25. The first-order valence-corrected chi connectivity index (χ1v) is 11.1. The lowest BCUT2D eigenvalue weighted by Crippen LogP contribution is -2.33. The molecule has 1 amide bonds. The number of hydrogen-bond donors (Lipinski definition) is 1. The number of amides is 1. The third-order valence-electron chi connectivity index (χ3n) is 5.87. The molecule has 0 atom stereocenters. The van der Waals surface area contributed by atoms with Crippen LogP contribution in [0.1, 0.15) is 46.1 Å². The largest absolute Gasteiger partial charge is 0.452 e. The molecular formula is C26H29N3O3. The van der Waals surface area contributed by atoms with Gasteiger partial charge in [-0.1, -0.05) is 37.3 Å². The first kappa shape index (κ1) is 22.0. The molecule has 1 aromatic heterocycles. The first-order chi connectivity index (χ1) is 15.5. The number of aryl methyl sites for hydroxylation is 2. The Bertz CT molecular complexity index is 1170. The number of anilines is 1. The van der Waals surface area contributed by atoms with Gasteiger partial charge in [0.25, 0.3) is 5.91 Å². The SMILES string of the molecule is CCCN1CCc2nc3ccccc3c(C(=O)OCC(=O)Nc3cc(C)ccc3C)c2C1. The average Bonchev–Trinajstić information content (AvgIpc) is 2.78. The van der Waals surface area contributed by atoms with Gasteiger partial charge in [0.2, 0.25) is 0 Å². The number of benzene rings is 2. The van der Waals surface area contributed by atoms with Crippen LogP contribution in [0.5, 0.6) is 0 Å².